The summed E-state index contributed by atoms with van der Waals surface area (Å²) in [6, 6.07) is 11.9. The van der Waals surface area contributed by atoms with E-state index >= 15 is 0 Å². The first-order valence-electron chi connectivity index (χ1n) is 6.07. The molecule has 2 aromatic heterocycles. The Morgan fingerprint density at radius 1 is 1.05 bits per heavy atom. The second kappa shape index (κ2) is 3.68. The van der Waals surface area contributed by atoms with Crippen LogP contribution < -0.4 is 0 Å². The third-order valence-corrected chi connectivity index (χ3v) is 3.79. The molecule has 0 radical (unpaired) electrons. The molecule has 0 bridgehead atoms. The van der Waals surface area contributed by atoms with Crippen LogP contribution >= 0.6 is 11.6 Å². The normalized spacial score (nSPS) is 11.7. The number of nitrogens with zero attached hydrogens (tertiary/aromatic N) is 2. The highest BCUT2D eigenvalue weighted by Gasteiger charge is 2.09. The van der Waals surface area contributed by atoms with Crippen molar-refractivity contribution in [2.75, 3.05) is 0 Å². The Morgan fingerprint density at radius 3 is 2.74 bits per heavy atom. The number of aryl methyl sites for hydroxylation is 1. The van der Waals surface area contributed by atoms with Gasteiger partial charge in [0.2, 0.25) is 0 Å². The van der Waals surface area contributed by atoms with Crippen molar-refractivity contribution in [2.45, 2.75) is 6.92 Å². The minimum absolute atomic E-state index is 0.720. The average Bonchev–Trinajstić information content (AvgIpc) is 2.75. The fourth-order valence-corrected chi connectivity index (χ4v) is 2.54. The summed E-state index contributed by atoms with van der Waals surface area (Å²) < 4.78 is 0. The van der Waals surface area contributed by atoms with Crippen LogP contribution in [0.15, 0.2) is 36.4 Å². The highest BCUT2D eigenvalue weighted by molar-refractivity contribution is 6.32. The molecule has 4 aromatic rings. The Morgan fingerprint density at radius 2 is 1.84 bits per heavy atom. The van der Waals surface area contributed by atoms with Gasteiger partial charge >= 0.3 is 0 Å². The standard InChI is InChI=1S/C15H10ClN3/c1-8-6-12-13(7-10(8)16)19-15-14(17-12)9-4-2-3-5-11(9)18-15/h2-7H,1H3,(H,18,19). The minimum atomic E-state index is 0.720. The number of aromatic amines is 1. The molecule has 0 aliphatic heterocycles. The number of fused-ring (bicyclic) bond motifs is 4. The summed E-state index contributed by atoms with van der Waals surface area (Å²) in [6.07, 6.45) is 0. The number of aromatic nitrogens is 3. The number of H-pyrrole nitrogens is 1. The lowest BCUT2D eigenvalue weighted by molar-refractivity contribution is 1.34. The second-order valence-electron chi connectivity index (χ2n) is 4.68. The summed E-state index contributed by atoms with van der Waals surface area (Å²) in [5.74, 6) is 0. The van der Waals surface area contributed by atoms with Crippen LogP contribution in [0, 0.1) is 6.92 Å². The molecule has 0 fully saturated rings. The number of rotatable bonds is 0. The van der Waals surface area contributed by atoms with Crippen molar-refractivity contribution in [1.29, 1.82) is 0 Å². The monoisotopic (exact) mass is 267 g/mol. The molecule has 0 unspecified atom stereocenters. The molecule has 2 aromatic carbocycles. The summed E-state index contributed by atoms with van der Waals surface area (Å²) >= 11 is 6.14. The maximum absolute atomic E-state index is 6.14. The van der Waals surface area contributed by atoms with Crippen molar-refractivity contribution >= 4 is 44.7 Å². The maximum atomic E-state index is 6.14. The molecule has 0 aliphatic carbocycles. The van der Waals surface area contributed by atoms with Gasteiger partial charge in [0.15, 0.2) is 5.65 Å². The summed E-state index contributed by atoms with van der Waals surface area (Å²) in [5.41, 5.74) is 5.46. The number of benzene rings is 2. The fourth-order valence-electron chi connectivity index (χ4n) is 2.38. The molecule has 1 N–H and O–H groups in total. The van der Waals surface area contributed by atoms with E-state index in [-0.39, 0.29) is 0 Å². The molecular formula is C15H10ClN3. The molecule has 4 heteroatoms. The van der Waals surface area contributed by atoms with Crippen LogP contribution in [0.1, 0.15) is 5.56 Å². The number of nitrogens with one attached hydrogen (secondary N) is 1. The van der Waals surface area contributed by atoms with Gasteiger partial charge in [-0.15, -0.1) is 0 Å². The molecule has 4 rings (SSSR count). The highest BCUT2D eigenvalue weighted by Crippen LogP contribution is 2.27. The van der Waals surface area contributed by atoms with E-state index in [0.717, 1.165) is 43.7 Å². The first kappa shape index (κ1) is 10.8. The van der Waals surface area contributed by atoms with E-state index < -0.39 is 0 Å². The lowest BCUT2D eigenvalue weighted by Crippen LogP contribution is -1.87. The predicted octanol–water partition coefficient (Wildman–Crippen LogP) is 4.23. The Balaban J connectivity index is 2.21. The van der Waals surface area contributed by atoms with E-state index in [1.807, 2.05) is 37.3 Å². The van der Waals surface area contributed by atoms with Gasteiger partial charge in [0.1, 0.15) is 5.52 Å². The van der Waals surface area contributed by atoms with Crippen LogP contribution in [0.25, 0.3) is 33.1 Å². The zero-order chi connectivity index (χ0) is 13.0. The van der Waals surface area contributed by atoms with E-state index in [1.165, 1.54) is 0 Å². The molecule has 0 spiro atoms. The molecular weight excluding hydrogens is 258 g/mol. The van der Waals surface area contributed by atoms with Crippen LogP contribution in [0.2, 0.25) is 5.02 Å². The molecule has 0 aliphatic rings. The second-order valence-corrected chi connectivity index (χ2v) is 5.09. The maximum Gasteiger partial charge on any atom is 0.157 e. The van der Waals surface area contributed by atoms with E-state index in [4.69, 9.17) is 16.6 Å². The lowest BCUT2D eigenvalue weighted by atomic mass is 10.2. The van der Waals surface area contributed by atoms with Crippen LogP contribution in [0.5, 0.6) is 0 Å². The van der Waals surface area contributed by atoms with Gasteiger partial charge in [-0.2, -0.15) is 0 Å². The van der Waals surface area contributed by atoms with Crippen molar-refractivity contribution in [3.05, 3.63) is 47.0 Å². The third-order valence-electron chi connectivity index (χ3n) is 3.38. The summed E-state index contributed by atoms with van der Waals surface area (Å²) in [6.45, 7) is 1.98. The van der Waals surface area contributed by atoms with Crippen molar-refractivity contribution in [1.82, 2.24) is 15.0 Å². The Kier molecular flexibility index (Phi) is 2.09. The fraction of sp³-hybridized carbons (Fsp3) is 0.0667. The molecule has 3 nitrogen and oxygen atoms in total. The van der Waals surface area contributed by atoms with Gasteiger partial charge in [-0.05, 0) is 30.7 Å². The van der Waals surface area contributed by atoms with Crippen LogP contribution in [-0.2, 0) is 0 Å². The van der Waals surface area contributed by atoms with E-state index in [1.54, 1.807) is 0 Å². The van der Waals surface area contributed by atoms with Gasteiger partial charge in [0.05, 0.1) is 11.0 Å². The Bertz CT molecular complexity index is 940. The summed E-state index contributed by atoms with van der Waals surface area (Å²) in [4.78, 5) is 12.6. The quantitative estimate of drug-likeness (QED) is 0.518. The highest BCUT2D eigenvalue weighted by atomic mass is 35.5. The van der Waals surface area contributed by atoms with Crippen molar-refractivity contribution < 1.29 is 0 Å². The molecule has 0 saturated carbocycles. The average molecular weight is 268 g/mol. The molecule has 0 amide bonds. The van der Waals surface area contributed by atoms with E-state index in [0.29, 0.717) is 0 Å². The zero-order valence-corrected chi connectivity index (χ0v) is 11.0. The lowest BCUT2D eigenvalue weighted by Gasteiger charge is -2.01. The van der Waals surface area contributed by atoms with E-state index in [9.17, 15) is 0 Å². The predicted molar refractivity (Wildman–Crippen MR) is 78.6 cm³/mol. The Labute approximate surface area is 114 Å². The number of para-hydroxylation sites is 1. The van der Waals surface area contributed by atoms with E-state index in [2.05, 4.69) is 16.0 Å². The van der Waals surface area contributed by atoms with Crippen LogP contribution in [0.4, 0.5) is 0 Å². The number of hydrogen-bond donors (Lipinski definition) is 1. The number of halogens is 1. The topological polar surface area (TPSA) is 41.6 Å². The van der Waals surface area contributed by atoms with Crippen molar-refractivity contribution in [2.24, 2.45) is 0 Å². The summed E-state index contributed by atoms with van der Waals surface area (Å²) in [5, 5.41) is 1.82. The van der Waals surface area contributed by atoms with Crippen LogP contribution in [0.3, 0.4) is 0 Å². The summed E-state index contributed by atoms with van der Waals surface area (Å²) in [7, 11) is 0. The van der Waals surface area contributed by atoms with Crippen molar-refractivity contribution in [3.63, 3.8) is 0 Å². The van der Waals surface area contributed by atoms with Gasteiger partial charge in [-0.25, -0.2) is 9.97 Å². The SMILES string of the molecule is Cc1cc2nc3c(nc2cc1Cl)[nH]c1ccccc13. The third kappa shape index (κ3) is 1.52. The first-order valence-corrected chi connectivity index (χ1v) is 6.44. The van der Waals surface area contributed by atoms with Gasteiger partial charge < -0.3 is 4.98 Å². The smallest absolute Gasteiger partial charge is 0.157 e. The van der Waals surface area contributed by atoms with Gasteiger partial charge in [-0.1, -0.05) is 29.8 Å². The van der Waals surface area contributed by atoms with Gasteiger partial charge in [0.25, 0.3) is 0 Å². The molecule has 0 saturated heterocycles. The van der Waals surface area contributed by atoms with Gasteiger partial charge in [0, 0.05) is 15.9 Å². The molecule has 92 valence electrons. The largest absolute Gasteiger partial charge is 0.338 e. The molecule has 0 atom stereocenters. The van der Waals surface area contributed by atoms with Crippen molar-refractivity contribution in [3.8, 4) is 0 Å². The Hall–Kier alpha value is -2.13. The molecule has 19 heavy (non-hydrogen) atoms. The number of hydrogen-bond acceptors (Lipinski definition) is 2. The van der Waals surface area contributed by atoms with Crippen LogP contribution in [-0.4, -0.2) is 15.0 Å². The minimum Gasteiger partial charge on any atom is -0.338 e. The first-order chi connectivity index (χ1) is 9.22. The zero-order valence-electron chi connectivity index (χ0n) is 10.2. The molecule has 2 heterocycles. The van der Waals surface area contributed by atoms with Gasteiger partial charge in [-0.3, -0.25) is 0 Å².